The van der Waals surface area contributed by atoms with Crippen LogP contribution >= 0.6 is 0 Å². The molecular formula is C16H26N2O4. The van der Waals surface area contributed by atoms with Crippen LogP contribution in [0.25, 0.3) is 0 Å². The first-order valence-corrected chi connectivity index (χ1v) is 7.16. The molecule has 0 aliphatic heterocycles. The summed E-state index contributed by atoms with van der Waals surface area (Å²) >= 11 is 0. The minimum Gasteiger partial charge on any atom is -0.480 e. The minimum absolute atomic E-state index is 0.215. The number of ether oxygens (including phenoxy) is 1. The molecule has 0 aliphatic rings. The first-order valence-electron chi connectivity index (χ1n) is 7.16. The van der Waals surface area contributed by atoms with Crippen LogP contribution in [0.4, 0.5) is 5.69 Å². The van der Waals surface area contributed by atoms with Gasteiger partial charge in [-0.05, 0) is 51.3 Å². The number of nitrogens with one attached hydrogen (secondary N) is 1. The molecule has 0 heterocycles. The Kier molecular flexibility index (Phi) is 8.86. The van der Waals surface area contributed by atoms with Gasteiger partial charge in [-0.25, -0.2) is 4.79 Å². The number of esters is 1. The number of anilines is 1. The van der Waals surface area contributed by atoms with Gasteiger partial charge in [-0.15, -0.1) is 0 Å². The standard InChI is InChI=1S/C14H21NO2.C2H5NO2/c1-6-17-14(16)12(5)15-13-10(3)8-7-9(2)11(13)4;3-1-2(4)5/h7-8,12,15H,6H2,1-5H3;1,3H2,(H,4,5)/t12-;/m0./s1. The quantitative estimate of drug-likeness (QED) is 0.719. The van der Waals surface area contributed by atoms with Gasteiger partial charge >= 0.3 is 11.9 Å². The van der Waals surface area contributed by atoms with E-state index in [0.717, 1.165) is 11.3 Å². The summed E-state index contributed by atoms with van der Waals surface area (Å²) in [4.78, 5) is 20.8. The Labute approximate surface area is 131 Å². The lowest BCUT2D eigenvalue weighted by atomic mass is 10.0. The SMILES string of the molecule is CCOC(=O)[C@H](C)Nc1c(C)ccc(C)c1C.NCC(=O)O. The summed E-state index contributed by atoms with van der Waals surface area (Å²) in [6.07, 6.45) is 0. The van der Waals surface area contributed by atoms with Crippen LogP contribution in [-0.2, 0) is 14.3 Å². The Morgan fingerprint density at radius 3 is 2.23 bits per heavy atom. The molecule has 1 aromatic rings. The van der Waals surface area contributed by atoms with Crippen molar-refractivity contribution in [2.24, 2.45) is 5.73 Å². The maximum atomic E-state index is 11.6. The molecule has 0 spiro atoms. The van der Waals surface area contributed by atoms with Crippen molar-refractivity contribution >= 4 is 17.6 Å². The fourth-order valence-electron chi connectivity index (χ4n) is 1.72. The van der Waals surface area contributed by atoms with E-state index in [1.54, 1.807) is 0 Å². The molecule has 0 saturated carbocycles. The predicted octanol–water partition coefficient (Wildman–Crippen LogP) is 2.01. The van der Waals surface area contributed by atoms with Gasteiger partial charge in [0.05, 0.1) is 13.2 Å². The summed E-state index contributed by atoms with van der Waals surface area (Å²) in [5.74, 6) is -1.18. The Morgan fingerprint density at radius 2 is 1.77 bits per heavy atom. The largest absolute Gasteiger partial charge is 0.480 e. The molecule has 0 unspecified atom stereocenters. The maximum Gasteiger partial charge on any atom is 0.328 e. The molecule has 0 amide bonds. The van der Waals surface area contributed by atoms with Gasteiger partial charge in [0.15, 0.2) is 0 Å². The van der Waals surface area contributed by atoms with Crippen molar-refractivity contribution < 1.29 is 19.4 Å². The Morgan fingerprint density at radius 1 is 1.27 bits per heavy atom. The van der Waals surface area contributed by atoms with Gasteiger partial charge in [0.1, 0.15) is 6.04 Å². The van der Waals surface area contributed by atoms with Crippen LogP contribution in [0.1, 0.15) is 30.5 Å². The number of carboxylic acids is 1. The third kappa shape index (κ3) is 6.58. The van der Waals surface area contributed by atoms with Crippen molar-refractivity contribution in [3.05, 3.63) is 28.8 Å². The van der Waals surface area contributed by atoms with Crippen LogP contribution in [-0.4, -0.2) is 36.2 Å². The number of carbonyl (C=O) groups excluding carboxylic acids is 1. The number of aliphatic carboxylic acids is 1. The lowest BCUT2D eigenvalue weighted by Gasteiger charge is -2.19. The van der Waals surface area contributed by atoms with E-state index in [0.29, 0.717) is 6.61 Å². The molecule has 1 aromatic carbocycles. The van der Waals surface area contributed by atoms with Crippen LogP contribution in [0.3, 0.4) is 0 Å². The van der Waals surface area contributed by atoms with E-state index in [2.05, 4.69) is 37.0 Å². The summed E-state index contributed by atoms with van der Waals surface area (Å²) in [5, 5.41) is 10.8. The predicted molar refractivity (Wildman–Crippen MR) is 87.1 cm³/mol. The van der Waals surface area contributed by atoms with Crippen molar-refractivity contribution in [1.82, 2.24) is 0 Å². The molecule has 0 radical (unpaired) electrons. The average Bonchev–Trinajstić information content (AvgIpc) is 2.48. The van der Waals surface area contributed by atoms with Gasteiger partial charge in [0.25, 0.3) is 0 Å². The summed E-state index contributed by atoms with van der Waals surface area (Å²) in [7, 11) is 0. The zero-order chi connectivity index (χ0) is 17.3. The second-order valence-corrected chi connectivity index (χ2v) is 4.92. The summed E-state index contributed by atoms with van der Waals surface area (Å²) < 4.78 is 4.98. The second-order valence-electron chi connectivity index (χ2n) is 4.92. The average molecular weight is 310 g/mol. The van der Waals surface area contributed by atoms with E-state index in [1.165, 1.54) is 11.1 Å². The summed E-state index contributed by atoms with van der Waals surface area (Å²) in [6, 6.07) is 3.82. The fourth-order valence-corrected chi connectivity index (χ4v) is 1.72. The maximum absolute atomic E-state index is 11.6. The first-order chi connectivity index (χ1) is 10.2. The van der Waals surface area contributed by atoms with Gasteiger partial charge in [-0.3, -0.25) is 4.79 Å². The van der Waals surface area contributed by atoms with E-state index >= 15 is 0 Å². The lowest BCUT2D eigenvalue weighted by Crippen LogP contribution is -2.28. The van der Waals surface area contributed by atoms with E-state index in [-0.39, 0.29) is 18.6 Å². The molecule has 6 nitrogen and oxygen atoms in total. The monoisotopic (exact) mass is 310 g/mol. The number of hydrogen-bond donors (Lipinski definition) is 3. The molecule has 6 heteroatoms. The van der Waals surface area contributed by atoms with Crippen molar-refractivity contribution in [1.29, 1.82) is 0 Å². The van der Waals surface area contributed by atoms with Crippen LogP contribution in [0.2, 0.25) is 0 Å². The van der Waals surface area contributed by atoms with Crippen molar-refractivity contribution in [2.75, 3.05) is 18.5 Å². The van der Waals surface area contributed by atoms with Gasteiger partial charge in [-0.1, -0.05) is 12.1 Å². The molecule has 0 aliphatic carbocycles. The van der Waals surface area contributed by atoms with Gasteiger partial charge in [-0.2, -0.15) is 0 Å². The van der Waals surface area contributed by atoms with E-state index in [4.69, 9.17) is 9.84 Å². The second kappa shape index (κ2) is 9.78. The molecule has 1 atom stereocenters. The topological polar surface area (TPSA) is 102 Å². The fraction of sp³-hybridized carbons (Fsp3) is 0.500. The first kappa shape index (κ1) is 19.9. The number of rotatable bonds is 5. The Balaban J connectivity index is 0.000000763. The smallest absolute Gasteiger partial charge is 0.328 e. The highest BCUT2D eigenvalue weighted by Crippen LogP contribution is 2.23. The zero-order valence-electron chi connectivity index (χ0n) is 13.9. The Hall–Kier alpha value is -2.08. The number of carboxylic acid groups (broad SMARTS) is 1. The molecule has 0 fully saturated rings. The molecule has 0 saturated heterocycles. The van der Waals surface area contributed by atoms with Crippen LogP contribution < -0.4 is 11.1 Å². The normalized spacial score (nSPS) is 11.0. The molecule has 22 heavy (non-hydrogen) atoms. The summed E-state index contributed by atoms with van der Waals surface area (Å²) in [5.41, 5.74) is 9.15. The summed E-state index contributed by atoms with van der Waals surface area (Å²) in [6.45, 7) is 9.92. The number of benzene rings is 1. The Bertz CT molecular complexity index is 515. The molecule has 1 rings (SSSR count). The molecular weight excluding hydrogens is 284 g/mol. The number of aryl methyl sites for hydroxylation is 2. The molecule has 124 valence electrons. The van der Waals surface area contributed by atoms with Crippen LogP contribution in [0.5, 0.6) is 0 Å². The highest BCUT2D eigenvalue weighted by Gasteiger charge is 2.15. The van der Waals surface area contributed by atoms with Crippen molar-refractivity contribution in [2.45, 2.75) is 40.7 Å². The zero-order valence-corrected chi connectivity index (χ0v) is 13.9. The van der Waals surface area contributed by atoms with Crippen LogP contribution in [0, 0.1) is 20.8 Å². The van der Waals surface area contributed by atoms with Gasteiger partial charge in [0.2, 0.25) is 0 Å². The lowest BCUT2D eigenvalue weighted by molar-refractivity contribution is -0.143. The third-order valence-electron chi connectivity index (χ3n) is 3.12. The highest BCUT2D eigenvalue weighted by atomic mass is 16.5. The van der Waals surface area contributed by atoms with Crippen molar-refractivity contribution in [3.8, 4) is 0 Å². The molecule has 0 bridgehead atoms. The highest BCUT2D eigenvalue weighted by molar-refractivity contribution is 5.79. The van der Waals surface area contributed by atoms with E-state index in [1.807, 2.05) is 20.8 Å². The van der Waals surface area contributed by atoms with Crippen molar-refractivity contribution in [3.63, 3.8) is 0 Å². The molecule has 4 N–H and O–H groups in total. The van der Waals surface area contributed by atoms with E-state index < -0.39 is 5.97 Å². The van der Waals surface area contributed by atoms with Crippen LogP contribution in [0.15, 0.2) is 12.1 Å². The minimum atomic E-state index is -0.968. The van der Waals surface area contributed by atoms with Gasteiger partial charge in [0, 0.05) is 5.69 Å². The van der Waals surface area contributed by atoms with E-state index in [9.17, 15) is 9.59 Å². The number of nitrogens with two attached hydrogens (primary N) is 1. The third-order valence-corrected chi connectivity index (χ3v) is 3.12. The molecule has 0 aromatic heterocycles. The number of hydrogen-bond acceptors (Lipinski definition) is 5. The number of carbonyl (C=O) groups is 2. The van der Waals surface area contributed by atoms with Gasteiger partial charge < -0.3 is 20.9 Å².